The van der Waals surface area contributed by atoms with Crippen LogP contribution in [0, 0.1) is 5.92 Å². The Kier molecular flexibility index (Phi) is 8.01. The summed E-state index contributed by atoms with van der Waals surface area (Å²) in [6.45, 7) is 1.11. The Morgan fingerprint density at radius 3 is 2.17 bits per heavy atom. The fourth-order valence-electron chi connectivity index (χ4n) is 5.77. The molecule has 0 amide bonds. The summed E-state index contributed by atoms with van der Waals surface area (Å²) in [5.74, 6) is -3.08. The third kappa shape index (κ3) is 5.51. The van der Waals surface area contributed by atoms with E-state index in [0.717, 1.165) is 21.0 Å². The second-order valence-electron chi connectivity index (χ2n) is 10.5. The number of carboxylic acids is 2. The first-order valence-corrected chi connectivity index (χ1v) is 15.1. The van der Waals surface area contributed by atoms with Crippen molar-refractivity contribution in [1.82, 2.24) is 9.21 Å². The van der Waals surface area contributed by atoms with Crippen LogP contribution in [0.1, 0.15) is 30.7 Å². The van der Waals surface area contributed by atoms with Crippen LogP contribution in [0.25, 0.3) is 11.1 Å². The third-order valence-corrected chi connectivity index (χ3v) is 10.3. The van der Waals surface area contributed by atoms with Gasteiger partial charge in [0.2, 0.25) is 10.0 Å². The van der Waals surface area contributed by atoms with E-state index < -0.39 is 39.3 Å². The molecule has 3 aromatic carbocycles. The van der Waals surface area contributed by atoms with Crippen molar-refractivity contribution in [1.29, 1.82) is 0 Å². The van der Waals surface area contributed by atoms with Gasteiger partial charge < -0.3 is 15.1 Å². The summed E-state index contributed by atoms with van der Waals surface area (Å²) in [7, 11) is -4.23. The molecule has 3 atom stereocenters. The van der Waals surface area contributed by atoms with Gasteiger partial charge in [-0.05, 0) is 66.8 Å². The Hall–Kier alpha value is -3.24. The van der Waals surface area contributed by atoms with Crippen LogP contribution in [0.2, 0.25) is 5.02 Å². The minimum atomic E-state index is -4.23. The molecule has 10 heteroatoms. The zero-order valence-electron chi connectivity index (χ0n) is 21.8. The molecule has 40 heavy (non-hydrogen) atoms. The van der Waals surface area contributed by atoms with Crippen LogP contribution in [0.15, 0.2) is 83.8 Å². The van der Waals surface area contributed by atoms with Gasteiger partial charge >= 0.3 is 11.9 Å². The average Bonchev–Trinajstić information content (AvgIpc) is 3.71. The molecule has 3 aromatic rings. The predicted octanol–water partition coefficient (Wildman–Crippen LogP) is 4.81. The molecule has 0 spiro atoms. The number of hydrogen-bond donors (Lipinski definition) is 2. The first kappa shape index (κ1) is 28.3. The second kappa shape index (κ2) is 11.3. The van der Waals surface area contributed by atoms with Crippen LogP contribution in [0.5, 0.6) is 0 Å². The van der Waals surface area contributed by atoms with Gasteiger partial charge in [0.15, 0.2) is 0 Å². The van der Waals surface area contributed by atoms with Crippen molar-refractivity contribution in [2.45, 2.75) is 35.6 Å². The van der Waals surface area contributed by atoms with Crippen molar-refractivity contribution in [2.24, 2.45) is 5.92 Å². The number of nitrogens with zero attached hydrogens (tertiary/aromatic N) is 2. The van der Waals surface area contributed by atoms with E-state index in [4.69, 9.17) is 11.6 Å². The fourth-order valence-corrected chi connectivity index (χ4v) is 7.66. The van der Waals surface area contributed by atoms with Gasteiger partial charge in [-0.25, -0.2) is 8.42 Å². The Morgan fingerprint density at radius 1 is 0.950 bits per heavy atom. The number of rotatable bonds is 10. The summed E-state index contributed by atoms with van der Waals surface area (Å²) in [5.41, 5.74) is 0.817. The lowest BCUT2D eigenvalue weighted by Crippen LogP contribution is -2.52. The van der Waals surface area contributed by atoms with Crippen molar-refractivity contribution >= 4 is 33.6 Å². The maximum Gasteiger partial charge on any atom is 0.325 e. The number of halogens is 1. The van der Waals surface area contributed by atoms with Gasteiger partial charge in [-0.1, -0.05) is 66.2 Å². The Morgan fingerprint density at radius 2 is 1.57 bits per heavy atom. The van der Waals surface area contributed by atoms with Gasteiger partial charge in [-0.3, -0.25) is 9.59 Å². The predicted molar refractivity (Wildman–Crippen MR) is 152 cm³/mol. The third-order valence-electron chi connectivity index (χ3n) is 8.04. The summed E-state index contributed by atoms with van der Waals surface area (Å²) in [6, 6.07) is 22.7. The molecule has 2 N–H and O–H groups in total. The van der Waals surface area contributed by atoms with Gasteiger partial charge in [-0.15, -0.1) is 0 Å². The summed E-state index contributed by atoms with van der Waals surface area (Å²) in [6.07, 6.45) is 1.42. The largest absolute Gasteiger partial charge is 0.481 e. The maximum absolute atomic E-state index is 14.2. The van der Waals surface area contributed by atoms with Crippen LogP contribution < -0.4 is 0 Å². The molecule has 1 aliphatic carbocycles. The van der Waals surface area contributed by atoms with Crippen molar-refractivity contribution in [3.05, 3.63) is 89.4 Å². The summed E-state index contributed by atoms with van der Waals surface area (Å²) in [5, 5.41) is 20.6. The molecule has 210 valence electrons. The van der Waals surface area contributed by atoms with Crippen LogP contribution in [0.3, 0.4) is 0 Å². The summed E-state index contributed by atoms with van der Waals surface area (Å²) in [4.78, 5) is 26.3. The lowest BCUT2D eigenvalue weighted by atomic mass is 9.98. The molecular formula is C30H31ClN2O6S. The zero-order valence-corrected chi connectivity index (χ0v) is 23.4. The minimum absolute atomic E-state index is 0.00612. The Balaban J connectivity index is 1.47. The molecule has 0 aromatic heterocycles. The van der Waals surface area contributed by atoms with Gasteiger partial charge in [0, 0.05) is 30.6 Å². The van der Waals surface area contributed by atoms with E-state index in [1.165, 1.54) is 12.1 Å². The standard InChI is InChI=1S/C30H31ClN2O6S/c31-25-12-8-21(9-13-25)22-10-14-26(15-11-22)40(38,39)33(18-17-32-16-4-7-24(20-32)28(34)35)30(29(36)37)19-27(30)23-5-2-1-3-6-23/h1-3,5-6,8-15,24,27H,4,7,16-20H2,(H,34,35)(H,36,37)/t24-,27+,30-/m1/s1. The van der Waals surface area contributed by atoms with E-state index in [-0.39, 0.29) is 24.4 Å². The lowest BCUT2D eigenvalue weighted by molar-refractivity contribution is -0.143. The van der Waals surface area contributed by atoms with E-state index >= 15 is 0 Å². The van der Waals surface area contributed by atoms with E-state index in [1.807, 2.05) is 47.4 Å². The number of sulfonamides is 1. The highest BCUT2D eigenvalue weighted by atomic mass is 35.5. The molecule has 1 saturated heterocycles. The van der Waals surface area contributed by atoms with Crippen molar-refractivity contribution < 1.29 is 28.2 Å². The Labute approximate surface area is 238 Å². The molecule has 2 aliphatic rings. The maximum atomic E-state index is 14.2. The molecule has 0 radical (unpaired) electrons. The van der Waals surface area contributed by atoms with Crippen LogP contribution in [-0.4, -0.2) is 71.5 Å². The van der Waals surface area contributed by atoms with Gasteiger partial charge in [0.25, 0.3) is 0 Å². The molecule has 5 rings (SSSR count). The lowest BCUT2D eigenvalue weighted by Gasteiger charge is -2.34. The zero-order chi connectivity index (χ0) is 28.5. The second-order valence-corrected chi connectivity index (χ2v) is 12.8. The molecule has 1 aliphatic heterocycles. The van der Waals surface area contributed by atoms with Crippen molar-refractivity contribution in [3.8, 4) is 11.1 Å². The molecule has 0 unspecified atom stereocenters. The molecular weight excluding hydrogens is 552 g/mol. The number of carboxylic acid groups (broad SMARTS) is 2. The first-order valence-electron chi connectivity index (χ1n) is 13.3. The fraction of sp³-hybridized carbons (Fsp3) is 0.333. The Bertz CT molecular complexity index is 1480. The quantitative estimate of drug-likeness (QED) is 0.353. The van der Waals surface area contributed by atoms with Crippen molar-refractivity contribution in [2.75, 3.05) is 26.2 Å². The highest BCUT2D eigenvalue weighted by Crippen LogP contribution is 2.57. The van der Waals surface area contributed by atoms with E-state index in [0.29, 0.717) is 31.0 Å². The van der Waals surface area contributed by atoms with E-state index in [2.05, 4.69) is 0 Å². The highest BCUT2D eigenvalue weighted by molar-refractivity contribution is 7.89. The molecule has 0 bridgehead atoms. The molecule has 8 nitrogen and oxygen atoms in total. The van der Waals surface area contributed by atoms with E-state index in [9.17, 15) is 28.2 Å². The molecule has 1 heterocycles. The van der Waals surface area contributed by atoms with Gasteiger partial charge in [0.1, 0.15) is 5.54 Å². The SMILES string of the molecule is O=C(O)[C@@H]1CCCN(CCN([C@]2(C(=O)O)C[C@H]2c2ccccc2)S(=O)(=O)c2ccc(-c3ccc(Cl)cc3)cc2)C1. The number of hydrogen-bond acceptors (Lipinski definition) is 5. The minimum Gasteiger partial charge on any atom is -0.481 e. The number of aliphatic carboxylic acids is 2. The number of benzene rings is 3. The van der Waals surface area contributed by atoms with E-state index in [1.54, 1.807) is 24.3 Å². The van der Waals surface area contributed by atoms with Crippen LogP contribution >= 0.6 is 11.6 Å². The summed E-state index contributed by atoms with van der Waals surface area (Å²) >= 11 is 5.99. The van der Waals surface area contributed by atoms with Crippen molar-refractivity contribution in [3.63, 3.8) is 0 Å². The highest BCUT2D eigenvalue weighted by Gasteiger charge is 2.67. The first-order chi connectivity index (χ1) is 19.1. The normalized spacial score (nSPS) is 23.1. The average molecular weight is 583 g/mol. The number of likely N-dealkylation sites (tertiary alicyclic amines) is 1. The smallest absolute Gasteiger partial charge is 0.325 e. The number of carbonyl (C=O) groups is 2. The molecule has 1 saturated carbocycles. The van der Waals surface area contributed by atoms with Gasteiger partial charge in [-0.2, -0.15) is 4.31 Å². The van der Waals surface area contributed by atoms with Gasteiger partial charge in [0.05, 0.1) is 10.8 Å². The monoisotopic (exact) mass is 582 g/mol. The summed E-state index contributed by atoms with van der Waals surface area (Å²) < 4.78 is 29.5. The number of piperidine rings is 1. The van der Waals surface area contributed by atoms with Crippen LogP contribution in [-0.2, 0) is 19.6 Å². The topological polar surface area (TPSA) is 115 Å². The van der Waals surface area contributed by atoms with Crippen LogP contribution in [0.4, 0.5) is 0 Å². The molecule has 2 fully saturated rings.